The zero-order valence-corrected chi connectivity index (χ0v) is 15.5. The molecule has 2 aliphatic heterocycles. The van der Waals surface area contributed by atoms with Crippen LogP contribution < -0.4 is 0 Å². The number of rotatable bonds is 2. The normalized spacial score (nSPS) is 38.4. The highest BCUT2D eigenvalue weighted by atomic mass is 16.6. The summed E-state index contributed by atoms with van der Waals surface area (Å²) in [6, 6.07) is -0.185. The molecule has 0 aromatic carbocycles. The highest BCUT2D eigenvalue weighted by Gasteiger charge is 2.58. The number of aliphatic hydroxyl groups is 1. The number of nitrogens with zero attached hydrogens (tertiary/aromatic N) is 2. The molecule has 2 aliphatic carbocycles. The lowest BCUT2D eigenvalue weighted by Gasteiger charge is -2.28. The number of hydrogen-bond acceptors (Lipinski definition) is 5. The Balaban J connectivity index is 0.000000170. The largest absolute Gasteiger partial charge is 0.480 e. The van der Waals surface area contributed by atoms with E-state index in [-0.39, 0.29) is 5.92 Å². The minimum absolute atomic E-state index is 0.144. The van der Waals surface area contributed by atoms with Gasteiger partial charge in [0, 0.05) is 19.1 Å². The minimum Gasteiger partial charge on any atom is -0.480 e. The molecule has 2 N–H and O–H groups in total. The van der Waals surface area contributed by atoms with Gasteiger partial charge in [0.05, 0.1) is 6.61 Å². The quantitative estimate of drug-likeness (QED) is 0.776. The molecule has 0 unspecified atom stereocenters. The maximum Gasteiger partial charge on any atom is 0.411 e. The van der Waals surface area contributed by atoms with Gasteiger partial charge < -0.3 is 19.8 Å². The van der Waals surface area contributed by atoms with Crippen LogP contribution in [0.25, 0.3) is 0 Å². The van der Waals surface area contributed by atoms with Crippen LogP contribution in [0.2, 0.25) is 0 Å². The van der Waals surface area contributed by atoms with Crippen molar-refractivity contribution in [1.29, 1.82) is 0 Å². The van der Waals surface area contributed by atoms with E-state index in [0.717, 1.165) is 18.3 Å². The molecule has 2 saturated heterocycles. The van der Waals surface area contributed by atoms with E-state index < -0.39 is 23.7 Å². The van der Waals surface area contributed by atoms with Crippen LogP contribution in [0.1, 0.15) is 33.6 Å². The van der Waals surface area contributed by atoms with E-state index in [0.29, 0.717) is 25.1 Å². The second-order valence-corrected chi connectivity index (χ2v) is 8.92. The Kier molecular flexibility index (Phi) is 4.75. The van der Waals surface area contributed by atoms with Crippen LogP contribution >= 0.6 is 0 Å². The zero-order valence-electron chi connectivity index (χ0n) is 15.5. The minimum atomic E-state index is -0.921. The average molecular weight is 354 g/mol. The van der Waals surface area contributed by atoms with Gasteiger partial charge in [-0.15, -0.1) is 0 Å². The van der Waals surface area contributed by atoms with Crippen molar-refractivity contribution < 1.29 is 24.5 Å². The number of hydrogen-bond donors (Lipinski definition) is 2. The first-order valence-corrected chi connectivity index (χ1v) is 9.16. The van der Waals surface area contributed by atoms with Crippen LogP contribution in [0, 0.1) is 23.7 Å². The smallest absolute Gasteiger partial charge is 0.411 e. The molecule has 0 aromatic rings. The van der Waals surface area contributed by atoms with E-state index in [9.17, 15) is 9.59 Å². The van der Waals surface area contributed by atoms with E-state index in [1.54, 1.807) is 20.8 Å². The third-order valence-corrected chi connectivity index (χ3v) is 5.78. The Hall–Kier alpha value is -1.34. The third kappa shape index (κ3) is 3.92. The van der Waals surface area contributed by atoms with Crippen molar-refractivity contribution in [2.24, 2.45) is 23.7 Å². The van der Waals surface area contributed by atoms with Crippen LogP contribution in [0.5, 0.6) is 0 Å². The molecule has 1 amide bonds. The van der Waals surface area contributed by atoms with Gasteiger partial charge in [0.15, 0.2) is 0 Å². The predicted molar refractivity (Wildman–Crippen MR) is 91.1 cm³/mol. The number of ether oxygens (including phenoxy) is 1. The molecule has 4 fully saturated rings. The number of carbonyl (C=O) groups excluding carboxylic acids is 1. The Morgan fingerprint density at radius 2 is 1.72 bits per heavy atom. The molecule has 142 valence electrons. The van der Waals surface area contributed by atoms with Crippen LogP contribution in [-0.4, -0.2) is 76.5 Å². The lowest BCUT2D eigenvalue weighted by atomic mass is 10.2. The van der Waals surface area contributed by atoms with Crippen molar-refractivity contribution >= 4 is 12.1 Å². The van der Waals surface area contributed by atoms with E-state index in [4.69, 9.17) is 14.9 Å². The first-order valence-electron chi connectivity index (χ1n) is 9.16. The predicted octanol–water partition coefficient (Wildman–Crippen LogP) is 1.26. The number of likely N-dealkylation sites (tertiary alicyclic amines) is 2. The van der Waals surface area contributed by atoms with Crippen molar-refractivity contribution in [1.82, 2.24) is 9.80 Å². The fraction of sp³-hybridized carbons (Fsp3) is 0.889. The maximum atomic E-state index is 11.8. The summed E-state index contributed by atoms with van der Waals surface area (Å²) in [4.78, 5) is 26.5. The highest BCUT2D eigenvalue weighted by Crippen LogP contribution is 2.50. The van der Waals surface area contributed by atoms with Crippen molar-refractivity contribution in [2.45, 2.75) is 51.3 Å². The molecule has 0 bridgehead atoms. The molecule has 4 aliphatic rings. The molecule has 2 saturated carbocycles. The summed E-state index contributed by atoms with van der Waals surface area (Å²) < 4.78 is 5.19. The molecular formula is C18H30N2O5. The molecule has 0 spiro atoms. The average Bonchev–Trinajstić information content (AvgIpc) is 3.35. The van der Waals surface area contributed by atoms with Crippen molar-refractivity contribution in [2.75, 3.05) is 26.7 Å². The fourth-order valence-corrected chi connectivity index (χ4v) is 4.35. The van der Waals surface area contributed by atoms with Crippen LogP contribution in [-0.2, 0) is 9.53 Å². The van der Waals surface area contributed by atoms with Gasteiger partial charge in [0.25, 0.3) is 0 Å². The summed E-state index contributed by atoms with van der Waals surface area (Å²) in [7, 11) is 2.10. The third-order valence-electron chi connectivity index (χ3n) is 5.78. The van der Waals surface area contributed by atoms with Gasteiger partial charge in [-0.2, -0.15) is 0 Å². The number of carboxylic acids is 1. The number of likely N-dealkylation sites (N-methyl/N-ethyl adjacent to an activating group) is 1. The van der Waals surface area contributed by atoms with E-state index in [2.05, 4.69) is 11.9 Å². The number of aliphatic hydroxyl groups excluding tert-OH is 1. The second kappa shape index (κ2) is 6.43. The Bertz CT molecular complexity index is 544. The van der Waals surface area contributed by atoms with Gasteiger partial charge in [0.1, 0.15) is 11.6 Å². The summed E-state index contributed by atoms with van der Waals surface area (Å²) in [5.74, 6) is 1.38. The lowest BCUT2D eigenvalue weighted by molar-refractivity contribution is -0.142. The van der Waals surface area contributed by atoms with Crippen LogP contribution in [0.4, 0.5) is 4.79 Å². The maximum absolute atomic E-state index is 11.8. The number of carbonyl (C=O) groups is 2. The van der Waals surface area contributed by atoms with E-state index >= 15 is 0 Å². The number of amides is 1. The van der Waals surface area contributed by atoms with Gasteiger partial charge >= 0.3 is 12.1 Å². The second-order valence-electron chi connectivity index (χ2n) is 8.92. The van der Waals surface area contributed by atoms with Gasteiger partial charge in [-0.3, -0.25) is 4.90 Å². The molecule has 2 heterocycles. The molecule has 25 heavy (non-hydrogen) atoms. The molecular weight excluding hydrogens is 324 g/mol. The first-order chi connectivity index (χ1) is 11.6. The van der Waals surface area contributed by atoms with Crippen LogP contribution in [0.15, 0.2) is 0 Å². The topological polar surface area (TPSA) is 90.3 Å². The first kappa shape index (κ1) is 18.5. The number of piperidine rings is 2. The Labute approximate surface area is 148 Å². The summed E-state index contributed by atoms with van der Waals surface area (Å²) >= 11 is 0. The van der Waals surface area contributed by atoms with Gasteiger partial charge in [-0.1, -0.05) is 0 Å². The zero-order chi connectivity index (χ0) is 18.5. The Morgan fingerprint density at radius 1 is 1.12 bits per heavy atom. The van der Waals surface area contributed by atoms with E-state index in [1.807, 2.05) is 0 Å². The standard InChI is InChI=1S/C11H17NO4.C7H13NO/c1-11(2,3)16-10(15)12-5-6-4-7(6)8(12)9(13)14;1-8-3-5-2-6(5)7(8)4-9/h6-8H,4-5H2,1-3H3,(H,13,14);5-7,9H,2-4H2,1H3/t6-,7-,8+;5-,6-,7-/m11/s1. The molecule has 0 aromatic heterocycles. The number of carboxylic acid groups (broad SMARTS) is 1. The summed E-state index contributed by atoms with van der Waals surface area (Å²) in [6.07, 6.45) is 1.79. The summed E-state index contributed by atoms with van der Waals surface area (Å²) in [5.41, 5.74) is -0.576. The number of fused-ring (bicyclic) bond motifs is 2. The molecule has 4 rings (SSSR count). The SMILES string of the molecule is CC(C)(C)OC(=O)N1C[C@H]2C[C@H]2[C@H]1C(=O)O.CN1C[C@H]2C[C@H]2[C@H]1CO. The summed E-state index contributed by atoms with van der Waals surface area (Å²) in [6.45, 7) is 7.43. The molecule has 7 heteroatoms. The lowest BCUT2D eigenvalue weighted by Crippen LogP contribution is -2.45. The van der Waals surface area contributed by atoms with Gasteiger partial charge in [-0.25, -0.2) is 9.59 Å². The van der Waals surface area contributed by atoms with Crippen molar-refractivity contribution in [3.63, 3.8) is 0 Å². The number of aliphatic carboxylic acids is 1. The van der Waals surface area contributed by atoms with E-state index in [1.165, 1.54) is 17.9 Å². The van der Waals surface area contributed by atoms with Gasteiger partial charge in [-0.05, 0) is 64.3 Å². The summed E-state index contributed by atoms with van der Waals surface area (Å²) in [5, 5.41) is 18.0. The monoisotopic (exact) mass is 354 g/mol. The fourth-order valence-electron chi connectivity index (χ4n) is 4.35. The van der Waals surface area contributed by atoms with Gasteiger partial charge in [0.2, 0.25) is 0 Å². The molecule has 0 radical (unpaired) electrons. The molecule has 6 atom stereocenters. The highest BCUT2D eigenvalue weighted by molar-refractivity contribution is 5.82. The van der Waals surface area contributed by atoms with Crippen molar-refractivity contribution in [3.8, 4) is 0 Å². The van der Waals surface area contributed by atoms with Crippen LogP contribution in [0.3, 0.4) is 0 Å². The molecule has 7 nitrogen and oxygen atoms in total. The Morgan fingerprint density at radius 3 is 2.16 bits per heavy atom. The van der Waals surface area contributed by atoms with Crippen molar-refractivity contribution in [3.05, 3.63) is 0 Å².